The number of benzene rings is 1. The quantitative estimate of drug-likeness (QED) is 0.619. The molecule has 0 bridgehead atoms. The van der Waals surface area contributed by atoms with Gasteiger partial charge in [-0.1, -0.05) is 12.2 Å². The summed E-state index contributed by atoms with van der Waals surface area (Å²) in [7, 11) is 0. The van der Waals surface area contributed by atoms with Gasteiger partial charge in [0, 0.05) is 29.7 Å². The van der Waals surface area contributed by atoms with Crippen molar-refractivity contribution in [3.63, 3.8) is 0 Å². The minimum absolute atomic E-state index is 0.748. The van der Waals surface area contributed by atoms with E-state index in [1.807, 2.05) is 18.2 Å². The molecule has 0 aliphatic carbocycles. The van der Waals surface area contributed by atoms with Crippen LogP contribution in [0.2, 0.25) is 0 Å². The number of fused-ring (bicyclic) bond motifs is 2. The van der Waals surface area contributed by atoms with Gasteiger partial charge in [-0.25, -0.2) is 0 Å². The zero-order valence-corrected chi connectivity index (χ0v) is 10.1. The van der Waals surface area contributed by atoms with Gasteiger partial charge in [0.2, 0.25) is 0 Å². The first-order valence-electron chi connectivity index (χ1n) is 5.97. The van der Waals surface area contributed by atoms with E-state index in [9.17, 15) is 0 Å². The van der Waals surface area contributed by atoms with E-state index < -0.39 is 0 Å². The second-order valence-corrected chi connectivity index (χ2v) is 4.34. The summed E-state index contributed by atoms with van der Waals surface area (Å²) in [6, 6.07) is 8.15. The molecule has 0 unspecified atom stereocenters. The Morgan fingerprint density at radius 3 is 1.72 bits per heavy atom. The van der Waals surface area contributed by atoms with Gasteiger partial charge in [-0.05, 0) is 18.2 Å². The molecule has 3 rings (SSSR count). The summed E-state index contributed by atoms with van der Waals surface area (Å²) in [5, 5.41) is 2.20. The third kappa shape index (κ3) is 1.76. The van der Waals surface area contributed by atoms with Crippen molar-refractivity contribution in [2.75, 3.05) is 0 Å². The molecule has 18 heavy (non-hydrogen) atoms. The van der Waals surface area contributed by atoms with Crippen molar-refractivity contribution < 1.29 is 8.83 Å². The summed E-state index contributed by atoms with van der Waals surface area (Å²) in [5.74, 6) is 1.86. The second-order valence-electron chi connectivity index (χ2n) is 4.34. The number of hydrogen-bond donors (Lipinski definition) is 0. The SMILES string of the molecule is C=CCc1cc2cc3cc(CC=C)oc3cc2o1. The van der Waals surface area contributed by atoms with Gasteiger partial charge in [-0.2, -0.15) is 0 Å². The fourth-order valence-electron chi connectivity index (χ4n) is 2.17. The van der Waals surface area contributed by atoms with Crippen LogP contribution in [0, 0.1) is 0 Å². The molecule has 0 aliphatic rings. The lowest BCUT2D eigenvalue weighted by atomic mass is 10.2. The standard InChI is InChI=1S/C16H14O2/c1-3-5-13-8-11-7-12-9-14(6-4-2)18-16(12)10-15(11)17-13/h3-4,7-10H,1-2,5-6H2. The Labute approximate surface area is 105 Å². The van der Waals surface area contributed by atoms with Crippen LogP contribution in [-0.2, 0) is 12.8 Å². The molecule has 0 spiro atoms. The lowest BCUT2D eigenvalue weighted by Gasteiger charge is -1.89. The monoisotopic (exact) mass is 238 g/mol. The molecule has 0 radical (unpaired) electrons. The minimum atomic E-state index is 0.748. The molecule has 3 aromatic rings. The highest BCUT2D eigenvalue weighted by Gasteiger charge is 2.08. The highest BCUT2D eigenvalue weighted by molar-refractivity contribution is 5.93. The first-order chi connectivity index (χ1) is 8.80. The second kappa shape index (κ2) is 4.22. The predicted molar refractivity (Wildman–Crippen MR) is 73.8 cm³/mol. The van der Waals surface area contributed by atoms with E-state index in [0.717, 1.165) is 46.3 Å². The molecule has 1 aromatic carbocycles. The number of rotatable bonds is 4. The van der Waals surface area contributed by atoms with E-state index in [-0.39, 0.29) is 0 Å². The van der Waals surface area contributed by atoms with Gasteiger partial charge in [-0.15, -0.1) is 13.2 Å². The summed E-state index contributed by atoms with van der Waals surface area (Å²) in [6.07, 6.45) is 5.17. The van der Waals surface area contributed by atoms with Crippen molar-refractivity contribution in [1.29, 1.82) is 0 Å². The van der Waals surface area contributed by atoms with Crippen LogP contribution in [-0.4, -0.2) is 0 Å². The van der Waals surface area contributed by atoms with Crippen molar-refractivity contribution in [3.8, 4) is 0 Å². The Kier molecular flexibility index (Phi) is 2.56. The molecule has 0 N–H and O–H groups in total. The van der Waals surface area contributed by atoms with Crippen LogP contribution in [0.15, 0.2) is 58.4 Å². The average molecular weight is 238 g/mol. The van der Waals surface area contributed by atoms with E-state index in [2.05, 4.69) is 31.4 Å². The molecule has 0 saturated heterocycles. The van der Waals surface area contributed by atoms with Crippen molar-refractivity contribution >= 4 is 21.9 Å². The molecule has 0 amide bonds. The molecular weight excluding hydrogens is 224 g/mol. The molecule has 0 fully saturated rings. The Balaban J connectivity index is 2.14. The van der Waals surface area contributed by atoms with Crippen molar-refractivity contribution in [2.24, 2.45) is 0 Å². The smallest absolute Gasteiger partial charge is 0.138 e. The van der Waals surface area contributed by atoms with E-state index in [4.69, 9.17) is 8.83 Å². The maximum absolute atomic E-state index is 5.73. The van der Waals surface area contributed by atoms with E-state index in [0.29, 0.717) is 0 Å². The van der Waals surface area contributed by atoms with Crippen molar-refractivity contribution in [2.45, 2.75) is 12.8 Å². The molecular formula is C16H14O2. The van der Waals surface area contributed by atoms with Crippen LogP contribution >= 0.6 is 0 Å². The number of allylic oxidation sites excluding steroid dienone is 2. The number of hydrogen-bond acceptors (Lipinski definition) is 2. The van der Waals surface area contributed by atoms with Crippen LogP contribution < -0.4 is 0 Å². The van der Waals surface area contributed by atoms with Gasteiger partial charge in [0.25, 0.3) is 0 Å². The van der Waals surface area contributed by atoms with Gasteiger partial charge in [-0.3, -0.25) is 0 Å². The predicted octanol–water partition coefficient (Wildman–Crippen LogP) is 4.64. The molecule has 0 atom stereocenters. The molecule has 2 nitrogen and oxygen atoms in total. The van der Waals surface area contributed by atoms with Crippen LogP contribution in [0.3, 0.4) is 0 Å². The summed E-state index contributed by atoms with van der Waals surface area (Å²) < 4.78 is 11.5. The minimum Gasteiger partial charge on any atom is -0.461 e. The Bertz CT molecular complexity index is 617. The molecule has 2 heterocycles. The molecule has 0 aliphatic heterocycles. The lowest BCUT2D eigenvalue weighted by molar-refractivity contribution is 0.556. The van der Waals surface area contributed by atoms with Gasteiger partial charge in [0.05, 0.1) is 0 Å². The molecule has 0 saturated carbocycles. The molecule has 90 valence electrons. The molecule has 2 aromatic heterocycles. The first-order valence-corrected chi connectivity index (χ1v) is 5.97. The fourth-order valence-corrected chi connectivity index (χ4v) is 2.17. The third-order valence-corrected chi connectivity index (χ3v) is 2.95. The van der Waals surface area contributed by atoms with Gasteiger partial charge < -0.3 is 8.83 Å². The van der Waals surface area contributed by atoms with Gasteiger partial charge >= 0.3 is 0 Å². The normalized spacial score (nSPS) is 11.1. The Hall–Kier alpha value is -2.22. The summed E-state index contributed by atoms with van der Waals surface area (Å²) in [6.45, 7) is 7.43. The van der Waals surface area contributed by atoms with Crippen LogP contribution in [0.1, 0.15) is 11.5 Å². The first kappa shape index (κ1) is 10.9. The van der Waals surface area contributed by atoms with Gasteiger partial charge in [0.1, 0.15) is 22.7 Å². The van der Waals surface area contributed by atoms with Crippen LogP contribution in [0.4, 0.5) is 0 Å². The zero-order chi connectivity index (χ0) is 12.5. The summed E-state index contributed by atoms with van der Waals surface area (Å²) in [4.78, 5) is 0. The largest absolute Gasteiger partial charge is 0.461 e. The highest BCUT2D eigenvalue weighted by atomic mass is 16.3. The average Bonchev–Trinajstić information content (AvgIpc) is 2.88. The summed E-state index contributed by atoms with van der Waals surface area (Å²) >= 11 is 0. The number of furan rings is 2. The van der Waals surface area contributed by atoms with Crippen LogP contribution in [0.5, 0.6) is 0 Å². The maximum Gasteiger partial charge on any atom is 0.138 e. The molecule has 2 heteroatoms. The van der Waals surface area contributed by atoms with Crippen molar-refractivity contribution in [1.82, 2.24) is 0 Å². The third-order valence-electron chi connectivity index (χ3n) is 2.95. The van der Waals surface area contributed by atoms with E-state index >= 15 is 0 Å². The highest BCUT2D eigenvalue weighted by Crippen LogP contribution is 2.28. The topological polar surface area (TPSA) is 26.3 Å². The van der Waals surface area contributed by atoms with Crippen LogP contribution in [0.25, 0.3) is 21.9 Å². The summed E-state index contributed by atoms with van der Waals surface area (Å²) in [5.41, 5.74) is 1.72. The maximum atomic E-state index is 5.73. The fraction of sp³-hybridized carbons (Fsp3) is 0.125. The van der Waals surface area contributed by atoms with Crippen molar-refractivity contribution in [3.05, 3.63) is 61.1 Å². The van der Waals surface area contributed by atoms with Gasteiger partial charge in [0.15, 0.2) is 0 Å². The Morgan fingerprint density at radius 1 is 0.778 bits per heavy atom. The van der Waals surface area contributed by atoms with E-state index in [1.165, 1.54) is 0 Å². The lowest BCUT2D eigenvalue weighted by Crippen LogP contribution is -1.70. The van der Waals surface area contributed by atoms with E-state index in [1.54, 1.807) is 0 Å². The zero-order valence-electron chi connectivity index (χ0n) is 10.1. The Morgan fingerprint density at radius 2 is 1.28 bits per heavy atom.